The van der Waals surface area contributed by atoms with Gasteiger partial charge >= 0.3 is 0 Å². The normalized spacial score (nSPS) is 15.7. The molecule has 1 heterocycles. The Hall–Kier alpha value is -2.15. The highest BCUT2D eigenvalue weighted by molar-refractivity contribution is 6.01. The van der Waals surface area contributed by atoms with E-state index in [2.05, 4.69) is 10.7 Å². The SMILES string of the molecule is NNc1c(F)cccc1C(=O)N1CCCNC(=O)C1. The summed E-state index contributed by atoms with van der Waals surface area (Å²) in [5.41, 5.74) is 2.25. The maximum absolute atomic E-state index is 13.5. The topological polar surface area (TPSA) is 87.5 Å². The molecule has 6 nitrogen and oxygen atoms in total. The van der Waals surface area contributed by atoms with Crippen molar-refractivity contribution in [2.75, 3.05) is 25.1 Å². The number of nitrogens with one attached hydrogen (secondary N) is 2. The van der Waals surface area contributed by atoms with Crippen LogP contribution < -0.4 is 16.6 Å². The highest BCUT2D eigenvalue weighted by atomic mass is 19.1. The average molecular weight is 266 g/mol. The smallest absolute Gasteiger partial charge is 0.256 e. The first kappa shape index (κ1) is 13.3. The number of benzene rings is 1. The van der Waals surface area contributed by atoms with Crippen molar-refractivity contribution in [3.8, 4) is 0 Å². The Morgan fingerprint density at radius 2 is 2.26 bits per heavy atom. The summed E-state index contributed by atoms with van der Waals surface area (Å²) in [6, 6.07) is 4.12. The summed E-state index contributed by atoms with van der Waals surface area (Å²) in [7, 11) is 0. The van der Waals surface area contributed by atoms with Gasteiger partial charge in [0.25, 0.3) is 5.91 Å². The standard InChI is InChI=1S/C12H15FN4O2/c13-9-4-1-3-8(11(9)16-14)12(19)17-6-2-5-15-10(18)7-17/h1,3-4,16H,2,5-7,14H2,(H,15,18). The van der Waals surface area contributed by atoms with E-state index < -0.39 is 11.7 Å². The van der Waals surface area contributed by atoms with Crippen molar-refractivity contribution in [1.82, 2.24) is 10.2 Å². The Balaban J connectivity index is 2.28. The van der Waals surface area contributed by atoms with E-state index in [1.807, 2.05) is 0 Å². The molecule has 1 aliphatic rings. The molecule has 0 aromatic heterocycles. The van der Waals surface area contributed by atoms with Crippen molar-refractivity contribution in [1.29, 1.82) is 0 Å². The minimum absolute atomic E-state index is 0.0284. The minimum Gasteiger partial charge on any atom is -0.354 e. The summed E-state index contributed by atoms with van der Waals surface area (Å²) in [4.78, 5) is 25.1. The highest BCUT2D eigenvalue weighted by Gasteiger charge is 2.23. The van der Waals surface area contributed by atoms with Gasteiger partial charge in [0.1, 0.15) is 5.82 Å². The number of carbonyl (C=O) groups is 2. The fourth-order valence-corrected chi connectivity index (χ4v) is 2.00. The molecule has 1 aromatic carbocycles. The molecule has 102 valence electrons. The first-order valence-electron chi connectivity index (χ1n) is 5.94. The first-order chi connectivity index (χ1) is 9.13. The third-order valence-corrected chi connectivity index (χ3v) is 2.94. The molecule has 4 N–H and O–H groups in total. The van der Waals surface area contributed by atoms with Crippen LogP contribution in [-0.4, -0.2) is 36.3 Å². The summed E-state index contributed by atoms with van der Waals surface area (Å²) in [6.45, 7) is 0.950. The number of hydrazine groups is 1. The van der Waals surface area contributed by atoms with Gasteiger partial charge in [-0.3, -0.25) is 15.4 Å². The number of anilines is 1. The van der Waals surface area contributed by atoms with Crippen molar-refractivity contribution < 1.29 is 14.0 Å². The lowest BCUT2D eigenvalue weighted by molar-refractivity contribution is -0.121. The second-order valence-corrected chi connectivity index (χ2v) is 4.24. The predicted molar refractivity (Wildman–Crippen MR) is 67.7 cm³/mol. The molecular weight excluding hydrogens is 251 g/mol. The molecule has 1 aromatic rings. The second-order valence-electron chi connectivity index (χ2n) is 4.24. The van der Waals surface area contributed by atoms with E-state index in [0.29, 0.717) is 19.5 Å². The van der Waals surface area contributed by atoms with Crippen molar-refractivity contribution in [3.63, 3.8) is 0 Å². The van der Waals surface area contributed by atoms with Gasteiger partial charge in [0.15, 0.2) is 0 Å². The van der Waals surface area contributed by atoms with Gasteiger partial charge in [-0.05, 0) is 18.6 Å². The molecule has 7 heteroatoms. The quantitative estimate of drug-likeness (QED) is 0.522. The summed E-state index contributed by atoms with van der Waals surface area (Å²) < 4.78 is 13.5. The van der Waals surface area contributed by atoms with Crippen LogP contribution in [0.5, 0.6) is 0 Å². The van der Waals surface area contributed by atoms with Crippen molar-refractivity contribution in [3.05, 3.63) is 29.6 Å². The molecule has 1 saturated heterocycles. The van der Waals surface area contributed by atoms with Crippen LogP contribution in [0.4, 0.5) is 10.1 Å². The number of amides is 2. The summed E-state index contributed by atoms with van der Waals surface area (Å²) >= 11 is 0. The maximum Gasteiger partial charge on any atom is 0.256 e. The van der Waals surface area contributed by atoms with Crippen molar-refractivity contribution in [2.45, 2.75) is 6.42 Å². The second kappa shape index (κ2) is 5.66. The Bertz CT molecular complexity index is 507. The van der Waals surface area contributed by atoms with Gasteiger partial charge in [-0.25, -0.2) is 4.39 Å². The number of para-hydroxylation sites is 1. The van der Waals surface area contributed by atoms with E-state index >= 15 is 0 Å². The lowest BCUT2D eigenvalue weighted by atomic mass is 10.1. The minimum atomic E-state index is -0.604. The fraction of sp³-hybridized carbons (Fsp3) is 0.333. The molecule has 0 aliphatic carbocycles. The zero-order valence-corrected chi connectivity index (χ0v) is 10.3. The third kappa shape index (κ3) is 2.82. The number of nitrogens with two attached hydrogens (primary N) is 1. The van der Waals surface area contributed by atoms with Crippen LogP contribution >= 0.6 is 0 Å². The number of carbonyl (C=O) groups excluding carboxylic acids is 2. The van der Waals surface area contributed by atoms with Gasteiger partial charge < -0.3 is 15.6 Å². The number of hydrogen-bond donors (Lipinski definition) is 3. The van der Waals surface area contributed by atoms with Crippen LogP contribution in [-0.2, 0) is 4.79 Å². The number of nitrogens with zero attached hydrogens (tertiary/aromatic N) is 1. The summed E-state index contributed by atoms with van der Waals surface area (Å²) in [5.74, 6) is 4.00. The zero-order valence-electron chi connectivity index (χ0n) is 10.3. The molecule has 1 aliphatic heterocycles. The highest BCUT2D eigenvalue weighted by Crippen LogP contribution is 2.20. The molecule has 0 unspecified atom stereocenters. The number of rotatable bonds is 2. The van der Waals surface area contributed by atoms with E-state index in [4.69, 9.17) is 5.84 Å². The van der Waals surface area contributed by atoms with Crippen LogP contribution in [0.3, 0.4) is 0 Å². The lowest BCUT2D eigenvalue weighted by Crippen LogP contribution is -2.37. The number of nitrogen functional groups attached to an aromatic ring is 1. The van der Waals surface area contributed by atoms with E-state index in [-0.39, 0.29) is 23.7 Å². The van der Waals surface area contributed by atoms with E-state index in [1.54, 1.807) is 0 Å². The maximum atomic E-state index is 13.5. The predicted octanol–water partition coefficient (Wildman–Crippen LogP) is 0.0734. The zero-order chi connectivity index (χ0) is 13.8. The van der Waals surface area contributed by atoms with Gasteiger partial charge in [0, 0.05) is 13.1 Å². The fourth-order valence-electron chi connectivity index (χ4n) is 2.00. The van der Waals surface area contributed by atoms with Gasteiger partial charge in [-0.2, -0.15) is 0 Å². The lowest BCUT2D eigenvalue weighted by Gasteiger charge is -2.20. The largest absolute Gasteiger partial charge is 0.354 e. The number of halogens is 1. The van der Waals surface area contributed by atoms with Crippen molar-refractivity contribution in [2.24, 2.45) is 5.84 Å². The van der Waals surface area contributed by atoms with E-state index in [9.17, 15) is 14.0 Å². The third-order valence-electron chi connectivity index (χ3n) is 2.94. The molecule has 0 bridgehead atoms. The summed E-state index contributed by atoms with van der Waals surface area (Å²) in [6.07, 6.45) is 0.665. The van der Waals surface area contributed by atoms with Gasteiger partial charge in [0.05, 0.1) is 17.8 Å². The van der Waals surface area contributed by atoms with Gasteiger partial charge in [-0.1, -0.05) is 6.07 Å². The van der Waals surface area contributed by atoms with Crippen LogP contribution in [0.25, 0.3) is 0 Å². The molecular formula is C12H15FN4O2. The van der Waals surface area contributed by atoms with Crippen LogP contribution in [0, 0.1) is 5.82 Å². The van der Waals surface area contributed by atoms with Gasteiger partial charge in [-0.15, -0.1) is 0 Å². The van der Waals surface area contributed by atoms with E-state index in [1.165, 1.54) is 23.1 Å². The average Bonchev–Trinajstić information content (AvgIpc) is 2.62. The molecule has 2 amide bonds. The molecule has 1 fully saturated rings. The molecule has 0 radical (unpaired) electrons. The monoisotopic (exact) mass is 266 g/mol. The van der Waals surface area contributed by atoms with Crippen LogP contribution in [0.15, 0.2) is 18.2 Å². The summed E-state index contributed by atoms with van der Waals surface area (Å²) in [5, 5.41) is 2.67. The Kier molecular flexibility index (Phi) is 3.96. The molecule has 0 spiro atoms. The van der Waals surface area contributed by atoms with Crippen molar-refractivity contribution >= 4 is 17.5 Å². The van der Waals surface area contributed by atoms with Crippen LogP contribution in [0.2, 0.25) is 0 Å². The first-order valence-corrected chi connectivity index (χ1v) is 5.94. The van der Waals surface area contributed by atoms with Gasteiger partial charge in [0.2, 0.25) is 5.91 Å². The van der Waals surface area contributed by atoms with E-state index in [0.717, 1.165) is 0 Å². The molecule has 19 heavy (non-hydrogen) atoms. The molecule has 0 saturated carbocycles. The van der Waals surface area contributed by atoms with Crippen LogP contribution in [0.1, 0.15) is 16.8 Å². The molecule has 2 rings (SSSR count). The Morgan fingerprint density at radius 3 is 3.00 bits per heavy atom. The molecule has 0 atom stereocenters. The Labute approximate surface area is 109 Å². The number of hydrogen-bond acceptors (Lipinski definition) is 4. The Morgan fingerprint density at radius 1 is 1.47 bits per heavy atom.